The van der Waals surface area contributed by atoms with E-state index in [2.05, 4.69) is 37.4 Å². The van der Waals surface area contributed by atoms with E-state index < -0.39 is 0 Å². The van der Waals surface area contributed by atoms with Crippen molar-refractivity contribution in [3.8, 4) is 0 Å². The van der Waals surface area contributed by atoms with Crippen molar-refractivity contribution >= 4 is 11.6 Å². The van der Waals surface area contributed by atoms with Gasteiger partial charge in [0.05, 0.1) is 0 Å². The fraction of sp³-hybridized carbons (Fsp3) is 0.600. The summed E-state index contributed by atoms with van der Waals surface area (Å²) in [4.78, 5) is 0. The third-order valence-corrected chi connectivity index (χ3v) is 4.31. The molecule has 1 N–H and O–H groups in total. The highest BCUT2D eigenvalue weighted by molar-refractivity contribution is 6.31. The van der Waals surface area contributed by atoms with Gasteiger partial charge in [0.2, 0.25) is 0 Å². The molecule has 1 heterocycles. The van der Waals surface area contributed by atoms with Crippen molar-refractivity contribution in [1.29, 1.82) is 0 Å². The SMILES string of the molecule is CCC(CC)c1ccc(C2CCNC2)cc1Cl. The number of hydrogen-bond donors (Lipinski definition) is 1. The molecular formula is C15H22ClN. The van der Waals surface area contributed by atoms with Crippen LogP contribution in [0.3, 0.4) is 0 Å². The van der Waals surface area contributed by atoms with Gasteiger partial charge in [-0.3, -0.25) is 0 Å². The van der Waals surface area contributed by atoms with Gasteiger partial charge in [0.1, 0.15) is 0 Å². The predicted octanol–water partition coefficient (Wildman–Crippen LogP) is 4.32. The summed E-state index contributed by atoms with van der Waals surface area (Å²) >= 11 is 6.44. The summed E-state index contributed by atoms with van der Waals surface area (Å²) in [7, 11) is 0. The van der Waals surface area contributed by atoms with Gasteiger partial charge in [-0.25, -0.2) is 0 Å². The molecule has 0 aliphatic carbocycles. The van der Waals surface area contributed by atoms with Gasteiger partial charge in [-0.05, 0) is 54.8 Å². The summed E-state index contributed by atoms with van der Waals surface area (Å²) in [6.45, 7) is 6.70. The first-order chi connectivity index (χ1) is 8.26. The maximum atomic E-state index is 6.44. The standard InChI is InChI=1S/C15H22ClN/c1-3-11(4-2)14-6-5-12(9-15(14)16)13-7-8-17-10-13/h5-6,9,11,13,17H,3-4,7-8,10H2,1-2H3. The fourth-order valence-electron chi connectivity index (χ4n) is 2.80. The number of nitrogens with one attached hydrogen (secondary N) is 1. The van der Waals surface area contributed by atoms with Crippen LogP contribution in [0.25, 0.3) is 0 Å². The van der Waals surface area contributed by atoms with Crippen LogP contribution in [0.1, 0.15) is 56.1 Å². The van der Waals surface area contributed by atoms with Crippen molar-refractivity contribution in [2.75, 3.05) is 13.1 Å². The largest absolute Gasteiger partial charge is 0.316 e. The van der Waals surface area contributed by atoms with E-state index in [0.29, 0.717) is 11.8 Å². The molecule has 0 radical (unpaired) electrons. The highest BCUT2D eigenvalue weighted by atomic mass is 35.5. The maximum Gasteiger partial charge on any atom is 0.0443 e. The highest BCUT2D eigenvalue weighted by Crippen LogP contribution is 2.33. The van der Waals surface area contributed by atoms with Crippen LogP contribution in [0, 0.1) is 0 Å². The Balaban J connectivity index is 2.21. The molecule has 94 valence electrons. The van der Waals surface area contributed by atoms with Crippen LogP contribution in [0.15, 0.2) is 18.2 Å². The summed E-state index contributed by atoms with van der Waals surface area (Å²) in [5.41, 5.74) is 2.72. The second kappa shape index (κ2) is 5.88. The molecule has 1 aliphatic rings. The minimum Gasteiger partial charge on any atom is -0.316 e. The van der Waals surface area contributed by atoms with E-state index >= 15 is 0 Å². The van der Waals surface area contributed by atoms with E-state index in [1.54, 1.807) is 0 Å². The molecule has 1 aliphatic heterocycles. The van der Waals surface area contributed by atoms with Gasteiger partial charge in [-0.15, -0.1) is 0 Å². The van der Waals surface area contributed by atoms with Crippen LogP contribution in [-0.4, -0.2) is 13.1 Å². The summed E-state index contributed by atoms with van der Waals surface area (Å²) < 4.78 is 0. The van der Waals surface area contributed by atoms with Crippen molar-refractivity contribution in [3.63, 3.8) is 0 Å². The Morgan fingerprint density at radius 3 is 2.65 bits per heavy atom. The van der Waals surface area contributed by atoms with E-state index in [4.69, 9.17) is 11.6 Å². The van der Waals surface area contributed by atoms with Crippen molar-refractivity contribution < 1.29 is 0 Å². The zero-order valence-corrected chi connectivity index (χ0v) is 11.6. The molecule has 0 bridgehead atoms. The van der Waals surface area contributed by atoms with Crippen molar-refractivity contribution in [2.45, 2.75) is 44.9 Å². The topological polar surface area (TPSA) is 12.0 Å². The van der Waals surface area contributed by atoms with Crippen LogP contribution >= 0.6 is 11.6 Å². The molecule has 1 fully saturated rings. The number of halogens is 1. The third kappa shape index (κ3) is 2.83. The van der Waals surface area contributed by atoms with E-state index in [9.17, 15) is 0 Å². The van der Waals surface area contributed by atoms with Crippen molar-refractivity contribution in [3.05, 3.63) is 34.3 Å². The minimum atomic E-state index is 0.609. The van der Waals surface area contributed by atoms with E-state index in [0.717, 1.165) is 18.1 Å². The quantitative estimate of drug-likeness (QED) is 0.840. The Bertz CT molecular complexity index is 365. The third-order valence-electron chi connectivity index (χ3n) is 3.98. The number of benzene rings is 1. The first-order valence-corrected chi connectivity index (χ1v) is 7.14. The normalized spacial score (nSPS) is 20.1. The van der Waals surface area contributed by atoms with Gasteiger partial charge in [-0.1, -0.05) is 37.6 Å². The second-order valence-electron chi connectivity index (χ2n) is 4.98. The minimum absolute atomic E-state index is 0.609. The number of rotatable bonds is 4. The lowest BCUT2D eigenvalue weighted by molar-refractivity contribution is 0.641. The molecule has 17 heavy (non-hydrogen) atoms. The molecule has 0 amide bonds. The molecule has 0 saturated carbocycles. The molecule has 1 unspecified atom stereocenters. The molecule has 2 rings (SSSR count). The van der Waals surface area contributed by atoms with Crippen molar-refractivity contribution in [1.82, 2.24) is 5.32 Å². The molecule has 0 spiro atoms. The average molecular weight is 252 g/mol. The molecule has 1 nitrogen and oxygen atoms in total. The lowest BCUT2D eigenvalue weighted by Crippen LogP contribution is -2.08. The zero-order chi connectivity index (χ0) is 12.3. The summed E-state index contributed by atoms with van der Waals surface area (Å²) in [5, 5.41) is 4.37. The van der Waals surface area contributed by atoms with Gasteiger partial charge < -0.3 is 5.32 Å². The molecule has 1 aromatic rings. The first kappa shape index (κ1) is 12.9. The molecule has 1 saturated heterocycles. The van der Waals surface area contributed by atoms with E-state index in [1.807, 2.05) is 0 Å². The molecule has 2 heteroatoms. The molecular weight excluding hydrogens is 230 g/mol. The van der Waals surface area contributed by atoms with Gasteiger partial charge in [0.25, 0.3) is 0 Å². The maximum absolute atomic E-state index is 6.44. The molecule has 0 aromatic heterocycles. The lowest BCUT2D eigenvalue weighted by Gasteiger charge is -2.17. The summed E-state index contributed by atoms with van der Waals surface area (Å²) in [6.07, 6.45) is 3.57. The van der Waals surface area contributed by atoms with Crippen LogP contribution in [0.5, 0.6) is 0 Å². The first-order valence-electron chi connectivity index (χ1n) is 6.76. The zero-order valence-electron chi connectivity index (χ0n) is 10.8. The highest BCUT2D eigenvalue weighted by Gasteiger charge is 2.18. The second-order valence-corrected chi connectivity index (χ2v) is 5.39. The van der Waals surface area contributed by atoms with Crippen molar-refractivity contribution in [2.24, 2.45) is 0 Å². The summed E-state index contributed by atoms with van der Waals surface area (Å²) in [5.74, 6) is 1.27. The van der Waals surface area contributed by atoms with Gasteiger partial charge in [0, 0.05) is 11.6 Å². The van der Waals surface area contributed by atoms with Gasteiger partial charge in [0.15, 0.2) is 0 Å². The van der Waals surface area contributed by atoms with Gasteiger partial charge >= 0.3 is 0 Å². The van der Waals surface area contributed by atoms with Crippen LogP contribution < -0.4 is 5.32 Å². The molecule has 1 atom stereocenters. The lowest BCUT2D eigenvalue weighted by atomic mass is 9.90. The monoisotopic (exact) mass is 251 g/mol. The Hall–Kier alpha value is -0.530. The summed E-state index contributed by atoms with van der Waals surface area (Å²) in [6, 6.07) is 6.71. The van der Waals surface area contributed by atoms with Crippen LogP contribution in [-0.2, 0) is 0 Å². The Kier molecular flexibility index (Phi) is 4.47. The predicted molar refractivity (Wildman–Crippen MR) is 75.0 cm³/mol. The Labute approximate surface area is 110 Å². The average Bonchev–Trinajstić information content (AvgIpc) is 2.86. The van der Waals surface area contributed by atoms with Crippen LogP contribution in [0.2, 0.25) is 5.02 Å². The molecule has 1 aromatic carbocycles. The Morgan fingerprint density at radius 2 is 2.12 bits per heavy atom. The smallest absolute Gasteiger partial charge is 0.0443 e. The van der Waals surface area contributed by atoms with E-state index in [1.165, 1.54) is 30.4 Å². The van der Waals surface area contributed by atoms with Crippen LogP contribution in [0.4, 0.5) is 0 Å². The number of hydrogen-bond acceptors (Lipinski definition) is 1. The van der Waals surface area contributed by atoms with Gasteiger partial charge in [-0.2, -0.15) is 0 Å². The Morgan fingerprint density at radius 1 is 1.35 bits per heavy atom. The fourth-order valence-corrected chi connectivity index (χ4v) is 3.14. The van der Waals surface area contributed by atoms with E-state index in [-0.39, 0.29) is 0 Å².